The monoisotopic (exact) mass is 838 g/mol. The molecule has 0 spiro atoms. The van der Waals surface area contributed by atoms with Crippen LogP contribution in [0.2, 0.25) is 0 Å². The summed E-state index contributed by atoms with van der Waals surface area (Å²) in [6.07, 6.45) is 6.11. The largest absolute Gasteiger partial charge is 0.497 e. The van der Waals surface area contributed by atoms with Gasteiger partial charge in [-0.3, -0.25) is 24.0 Å². The van der Waals surface area contributed by atoms with Crippen molar-refractivity contribution < 1.29 is 38.9 Å². The number of ketones is 1. The number of nitrogens with zero attached hydrogens (tertiary/aromatic N) is 4. The first kappa shape index (κ1) is 43.6. The predicted molar refractivity (Wildman–Crippen MR) is 238 cm³/mol. The number of carboxylic acids is 2. The first-order valence-electron chi connectivity index (χ1n) is 19.2. The highest BCUT2D eigenvalue weighted by Crippen LogP contribution is 2.27. The molecule has 0 saturated carbocycles. The SMILES string of the molecule is COc1ccc(C)c(NC(=O)C(C#N)=Cc2cn(CC(=O)O)c3ccccc23)c1.N#CC(=Cc1cn(CC(=O)O)c2ccccc12)C(=O)Nc1cccc(C(=O)c2ccccc2)c1. The van der Waals surface area contributed by atoms with Crippen molar-refractivity contribution in [1.29, 1.82) is 10.5 Å². The molecule has 63 heavy (non-hydrogen) atoms. The summed E-state index contributed by atoms with van der Waals surface area (Å²) in [6.45, 7) is 1.38. The van der Waals surface area contributed by atoms with Crippen LogP contribution in [0.3, 0.4) is 0 Å². The molecule has 312 valence electrons. The van der Waals surface area contributed by atoms with Gasteiger partial charge in [0.15, 0.2) is 5.78 Å². The van der Waals surface area contributed by atoms with E-state index in [0.29, 0.717) is 50.4 Å². The molecule has 2 amide bonds. The number of hydrogen-bond acceptors (Lipinski definition) is 8. The zero-order chi connectivity index (χ0) is 45.0. The zero-order valence-electron chi connectivity index (χ0n) is 33.9. The van der Waals surface area contributed by atoms with Gasteiger partial charge in [-0.05, 0) is 55.0 Å². The Morgan fingerprint density at radius 3 is 1.67 bits per heavy atom. The lowest BCUT2D eigenvalue weighted by atomic mass is 10.0. The number of para-hydroxylation sites is 2. The van der Waals surface area contributed by atoms with Crippen molar-refractivity contribution in [3.8, 4) is 17.9 Å². The molecule has 14 heteroatoms. The van der Waals surface area contributed by atoms with Gasteiger partial charge < -0.3 is 34.7 Å². The third kappa shape index (κ3) is 10.6. The van der Waals surface area contributed by atoms with E-state index in [0.717, 1.165) is 16.3 Å². The molecule has 0 unspecified atom stereocenters. The van der Waals surface area contributed by atoms with Gasteiger partial charge in [0.1, 0.15) is 42.1 Å². The molecule has 0 aliphatic heterocycles. The number of carbonyl (C=O) groups excluding carboxylic acids is 3. The number of aryl methyl sites for hydroxylation is 1. The summed E-state index contributed by atoms with van der Waals surface area (Å²) in [7, 11) is 1.53. The van der Waals surface area contributed by atoms with E-state index >= 15 is 0 Å². The van der Waals surface area contributed by atoms with E-state index in [1.54, 1.807) is 119 Å². The number of nitrogens with one attached hydrogen (secondary N) is 2. The molecule has 0 saturated heterocycles. The number of fused-ring (bicyclic) bond motifs is 2. The Morgan fingerprint density at radius 2 is 1.14 bits per heavy atom. The third-order valence-corrected chi connectivity index (χ3v) is 9.69. The van der Waals surface area contributed by atoms with E-state index in [4.69, 9.17) is 9.84 Å². The van der Waals surface area contributed by atoms with Crippen LogP contribution < -0.4 is 15.4 Å². The van der Waals surface area contributed by atoms with Crippen LogP contribution in [0.4, 0.5) is 11.4 Å². The Hall–Kier alpha value is -9.01. The minimum atomic E-state index is -1.00. The average molecular weight is 839 g/mol. The summed E-state index contributed by atoms with van der Waals surface area (Å²) < 4.78 is 8.30. The summed E-state index contributed by atoms with van der Waals surface area (Å²) in [5, 5.41) is 44.3. The van der Waals surface area contributed by atoms with Gasteiger partial charge in [0, 0.05) is 73.9 Å². The van der Waals surface area contributed by atoms with Gasteiger partial charge in [-0.2, -0.15) is 10.5 Å². The normalized spacial score (nSPS) is 11.1. The number of hydrogen-bond donors (Lipinski definition) is 4. The molecular weight excluding hydrogens is 801 g/mol. The highest BCUT2D eigenvalue weighted by molar-refractivity contribution is 6.13. The van der Waals surface area contributed by atoms with Crippen LogP contribution in [0.1, 0.15) is 32.6 Å². The van der Waals surface area contributed by atoms with Crippen LogP contribution in [-0.4, -0.2) is 56.0 Å². The minimum Gasteiger partial charge on any atom is -0.497 e. The van der Waals surface area contributed by atoms with Gasteiger partial charge in [-0.1, -0.05) is 84.9 Å². The van der Waals surface area contributed by atoms with Gasteiger partial charge in [-0.15, -0.1) is 0 Å². The lowest BCUT2D eigenvalue weighted by molar-refractivity contribution is -0.138. The molecule has 2 heterocycles. The maximum atomic E-state index is 12.8. The smallest absolute Gasteiger partial charge is 0.323 e. The fourth-order valence-electron chi connectivity index (χ4n) is 6.69. The highest BCUT2D eigenvalue weighted by atomic mass is 16.5. The van der Waals surface area contributed by atoms with Crippen LogP contribution in [0, 0.1) is 29.6 Å². The fourth-order valence-corrected chi connectivity index (χ4v) is 6.69. The average Bonchev–Trinajstić information content (AvgIpc) is 3.81. The molecular formula is C49H38N6O8. The molecule has 14 nitrogen and oxygen atoms in total. The van der Waals surface area contributed by atoms with Gasteiger partial charge in [0.25, 0.3) is 11.8 Å². The zero-order valence-corrected chi connectivity index (χ0v) is 33.9. The van der Waals surface area contributed by atoms with Crippen molar-refractivity contribution >= 4 is 74.9 Å². The van der Waals surface area contributed by atoms with Crippen LogP contribution in [0.15, 0.2) is 145 Å². The Bertz CT molecular complexity index is 3050. The molecule has 7 aromatic rings. The van der Waals surface area contributed by atoms with Crippen LogP contribution in [0.25, 0.3) is 34.0 Å². The molecule has 0 fully saturated rings. The van der Waals surface area contributed by atoms with Crippen molar-refractivity contribution in [2.24, 2.45) is 0 Å². The van der Waals surface area contributed by atoms with E-state index in [1.165, 1.54) is 19.3 Å². The number of ether oxygens (including phenoxy) is 1. The summed E-state index contributed by atoms with van der Waals surface area (Å²) in [5.41, 5.74) is 4.98. The van der Waals surface area contributed by atoms with Crippen LogP contribution in [-0.2, 0) is 32.3 Å². The van der Waals surface area contributed by atoms with Crippen LogP contribution in [0.5, 0.6) is 5.75 Å². The number of rotatable bonds is 13. The topological polar surface area (TPSA) is 217 Å². The van der Waals surface area contributed by atoms with Crippen molar-refractivity contribution in [2.45, 2.75) is 20.0 Å². The lowest BCUT2D eigenvalue weighted by Gasteiger charge is -2.09. The summed E-state index contributed by atoms with van der Waals surface area (Å²) in [6, 6.07) is 38.8. The van der Waals surface area contributed by atoms with E-state index in [1.807, 2.05) is 43.3 Å². The number of carboxylic acid groups (broad SMARTS) is 2. The number of carbonyl (C=O) groups is 5. The second kappa shape index (κ2) is 19.8. The molecule has 0 bridgehead atoms. The van der Waals surface area contributed by atoms with Crippen molar-refractivity contribution in [2.75, 3.05) is 17.7 Å². The molecule has 5 aromatic carbocycles. The number of anilines is 2. The van der Waals surface area contributed by atoms with Gasteiger partial charge in [0.05, 0.1) is 7.11 Å². The van der Waals surface area contributed by atoms with E-state index < -0.39 is 23.8 Å². The Kier molecular flexibility index (Phi) is 13.7. The van der Waals surface area contributed by atoms with E-state index in [2.05, 4.69) is 10.6 Å². The highest BCUT2D eigenvalue weighted by Gasteiger charge is 2.17. The first-order valence-corrected chi connectivity index (χ1v) is 19.2. The Labute approximate surface area is 360 Å². The number of amides is 2. The van der Waals surface area contributed by atoms with Crippen molar-refractivity contribution in [1.82, 2.24) is 9.13 Å². The van der Waals surface area contributed by atoms with Gasteiger partial charge in [-0.25, -0.2) is 0 Å². The Morgan fingerprint density at radius 1 is 0.635 bits per heavy atom. The maximum Gasteiger partial charge on any atom is 0.323 e. The lowest BCUT2D eigenvalue weighted by Crippen LogP contribution is -2.14. The molecule has 0 aliphatic rings. The second-order valence-corrected chi connectivity index (χ2v) is 14.0. The van der Waals surface area contributed by atoms with Crippen LogP contribution >= 0.6 is 0 Å². The van der Waals surface area contributed by atoms with E-state index in [9.17, 15) is 39.6 Å². The first-order chi connectivity index (χ1) is 30.4. The molecule has 2 aromatic heterocycles. The number of aliphatic carboxylic acids is 2. The van der Waals surface area contributed by atoms with Gasteiger partial charge in [0.2, 0.25) is 0 Å². The second-order valence-electron chi connectivity index (χ2n) is 14.0. The van der Waals surface area contributed by atoms with Gasteiger partial charge >= 0.3 is 11.9 Å². The quantitative estimate of drug-likeness (QED) is 0.0497. The number of aromatic nitrogens is 2. The predicted octanol–water partition coefficient (Wildman–Crippen LogP) is 8.09. The molecule has 7 rings (SSSR count). The standard InChI is InChI=1S/C27H19N3O4.C22H19N3O4/c28-15-20(13-21-16-30(17-25(31)32)24-12-5-4-11-23(21)24)27(34)29-22-10-6-9-19(14-22)26(33)18-7-2-1-3-8-18;1-14-7-8-17(29-2)10-19(14)24-22(28)15(11-23)9-16-12-25(13-21(26)27)20-6-4-3-5-18(16)20/h1-14,16H,17H2,(H,29,34)(H,31,32);3-10,12H,13H2,1-2H3,(H,24,28)(H,26,27). The van der Waals surface area contributed by atoms with Crippen molar-refractivity contribution in [3.63, 3.8) is 0 Å². The minimum absolute atomic E-state index is 0.0922. The fraction of sp³-hybridized carbons (Fsp3) is 0.0816. The van der Waals surface area contributed by atoms with Crippen molar-refractivity contribution in [3.05, 3.63) is 173 Å². The molecule has 0 radical (unpaired) electrons. The number of methoxy groups -OCH3 is 1. The summed E-state index contributed by atoms with van der Waals surface area (Å²) in [4.78, 5) is 60.5. The Balaban J connectivity index is 0.000000213. The maximum absolute atomic E-state index is 12.8. The molecule has 0 aliphatic carbocycles. The summed E-state index contributed by atoms with van der Waals surface area (Å²) >= 11 is 0. The third-order valence-electron chi connectivity index (χ3n) is 9.69. The number of benzene rings is 5. The molecule has 0 atom stereocenters. The number of nitriles is 2. The molecule has 4 N–H and O–H groups in total. The summed E-state index contributed by atoms with van der Waals surface area (Å²) in [5.74, 6) is -2.77. The van der Waals surface area contributed by atoms with E-state index in [-0.39, 0.29) is 30.0 Å².